The molecule has 6 heteroatoms. The van der Waals surface area contributed by atoms with Crippen LogP contribution in [0.5, 0.6) is 0 Å². The number of H-pyrrole nitrogens is 1. The van der Waals surface area contributed by atoms with Crippen molar-refractivity contribution in [3.8, 4) is 0 Å². The van der Waals surface area contributed by atoms with Gasteiger partial charge in [0.15, 0.2) is 4.77 Å². The third-order valence-corrected chi connectivity index (χ3v) is 4.49. The lowest BCUT2D eigenvalue weighted by Crippen LogP contribution is -2.25. The van der Waals surface area contributed by atoms with E-state index >= 15 is 0 Å². The predicted molar refractivity (Wildman–Crippen MR) is 78.5 cm³/mol. The summed E-state index contributed by atoms with van der Waals surface area (Å²) in [6.07, 6.45) is 2.02. The second kappa shape index (κ2) is 5.00. The van der Waals surface area contributed by atoms with Crippen LogP contribution < -0.4 is 0 Å². The zero-order valence-corrected chi connectivity index (χ0v) is 12.9. The number of imidazole rings is 1. The number of aromatic nitrogens is 2. The number of halogens is 2. The van der Waals surface area contributed by atoms with Crippen LogP contribution in [-0.4, -0.2) is 22.3 Å². The Hall–Kier alpha value is -0.720. The highest BCUT2D eigenvalue weighted by Gasteiger charge is 2.23. The molecule has 1 aromatic carbocycles. The SMILES string of the molecule is CC1CC(n2c(=S)[nH]c3cc(Br)c(F)cc32)CCO1. The van der Waals surface area contributed by atoms with Crippen molar-refractivity contribution < 1.29 is 9.13 Å². The largest absolute Gasteiger partial charge is 0.378 e. The lowest BCUT2D eigenvalue weighted by Gasteiger charge is -2.28. The Morgan fingerprint density at radius 2 is 2.32 bits per heavy atom. The van der Waals surface area contributed by atoms with Crippen LogP contribution in [0, 0.1) is 10.6 Å². The van der Waals surface area contributed by atoms with Gasteiger partial charge in [0.1, 0.15) is 5.82 Å². The van der Waals surface area contributed by atoms with Gasteiger partial charge >= 0.3 is 0 Å². The molecule has 0 saturated carbocycles. The van der Waals surface area contributed by atoms with E-state index in [1.54, 1.807) is 6.07 Å². The van der Waals surface area contributed by atoms with Crippen molar-refractivity contribution in [2.45, 2.75) is 31.9 Å². The quantitative estimate of drug-likeness (QED) is 0.780. The van der Waals surface area contributed by atoms with Crippen LogP contribution in [0.4, 0.5) is 4.39 Å². The molecule has 1 aliphatic rings. The van der Waals surface area contributed by atoms with E-state index < -0.39 is 0 Å². The topological polar surface area (TPSA) is 29.9 Å². The first-order valence-electron chi connectivity index (χ1n) is 6.27. The summed E-state index contributed by atoms with van der Waals surface area (Å²) in [4.78, 5) is 3.15. The fourth-order valence-corrected chi connectivity index (χ4v) is 3.39. The number of benzene rings is 1. The summed E-state index contributed by atoms with van der Waals surface area (Å²) >= 11 is 8.59. The van der Waals surface area contributed by atoms with Crippen LogP contribution in [0.2, 0.25) is 0 Å². The van der Waals surface area contributed by atoms with E-state index in [0.29, 0.717) is 9.24 Å². The van der Waals surface area contributed by atoms with E-state index in [1.807, 2.05) is 4.57 Å². The van der Waals surface area contributed by atoms with E-state index in [-0.39, 0.29) is 18.0 Å². The normalized spacial score (nSPS) is 23.9. The number of rotatable bonds is 1. The molecule has 1 N–H and O–H groups in total. The van der Waals surface area contributed by atoms with Gasteiger partial charge in [0.05, 0.1) is 21.6 Å². The van der Waals surface area contributed by atoms with E-state index in [9.17, 15) is 4.39 Å². The number of aromatic amines is 1. The van der Waals surface area contributed by atoms with Gasteiger partial charge in [-0.2, -0.15) is 0 Å². The monoisotopic (exact) mass is 344 g/mol. The molecule has 3 rings (SSSR count). The molecule has 1 aliphatic heterocycles. The summed E-state index contributed by atoms with van der Waals surface area (Å²) in [5.74, 6) is -0.268. The summed E-state index contributed by atoms with van der Waals surface area (Å²) < 4.78 is 22.4. The Bertz CT molecular complexity index is 681. The molecular weight excluding hydrogens is 331 g/mol. The first-order valence-corrected chi connectivity index (χ1v) is 7.47. The Morgan fingerprint density at radius 3 is 3.05 bits per heavy atom. The van der Waals surface area contributed by atoms with Gasteiger partial charge in [-0.1, -0.05) is 0 Å². The van der Waals surface area contributed by atoms with Gasteiger partial charge in [-0.3, -0.25) is 0 Å². The third-order valence-electron chi connectivity index (χ3n) is 3.58. The van der Waals surface area contributed by atoms with Crippen molar-refractivity contribution in [1.29, 1.82) is 0 Å². The maximum absolute atomic E-state index is 13.7. The van der Waals surface area contributed by atoms with Gasteiger partial charge in [-0.15, -0.1) is 0 Å². The minimum absolute atomic E-state index is 0.214. The smallest absolute Gasteiger partial charge is 0.178 e. The van der Waals surface area contributed by atoms with Gasteiger partial charge in [0, 0.05) is 18.7 Å². The van der Waals surface area contributed by atoms with Gasteiger partial charge in [0.2, 0.25) is 0 Å². The molecule has 102 valence electrons. The van der Waals surface area contributed by atoms with Crippen LogP contribution in [0.3, 0.4) is 0 Å². The van der Waals surface area contributed by atoms with E-state index in [4.69, 9.17) is 17.0 Å². The molecule has 0 amide bonds. The molecule has 2 unspecified atom stereocenters. The number of hydrogen-bond acceptors (Lipinski definition) is 2. The molecule has 1 fully saturated rings. The minimum Gasteiger partial charge on any atom is -0.378 e. The molecule has 2 heterocycles. The average molecular weight is 345 g/mol. The molecule has 2 atom stereocenters. The number of nitrogens with one attached hydrogen (secondary N) is 1. The molecule has 19 heavy (non-hydrogen) atoms. The zero-order chi connectivity index (χ0) is 13.6. The lowest BCUT2D eigenvalue weighted by molar-refractivity contribution is 0.00647. The Labute approximate surface area is 123 Å². The zero-order valence-electron chi connectivity index (χ0n) is 10.5. The first-order chi connectivity index (χ1) is 9.06. The number of ether oxygens (including phenoxy) is 1. The van der Waals surface area contributed by atoms with E-state index in [1.165, 1.54) is 6.07 Å². The maximum atomic E-state index is 13.7. The predicted octanol–water partition coefficient (Wildman–Crippen LogP) is 4.34. The van der Waals surface area contributed by atoms with E-state index in [2.05, 4.69) is 27.8 Å². The number of nitrogens with zero attached hydrogens (tertiary/aromatic N) is 1. The van der Waals surface area contributed by atoms with Crippen LogP contribution >= 0.6 is 28.1 Å². The van der Waals surface area contributed by atoms with Gasteiger partial charge < -0.3 is 14.3 Å². The highest BCUT2D eigenvalue weighted by atomic mass is 79.9. The van der Waals surface area contributed by atoms with Gasteiger partial charge in [0.25, 0.3) is 0 Å². The summed E-state index contributed by atoms with van der Waals surface area (Å²) in [5.41, 5.74) is 1.68. The van der Waals surface area contributed by atoms with Crippen molar-refractivity contribution in [2.75, 3.05) is 6.61 Å². The summed E-state index contributed by atoms with van der Waals surface area (Å²) in [7, 11) is 0. The Balaban J connectivity index is 2.14. The van der Waals surface area contributed by atoms with Crippen molar-refractivity contribution in [1.82, 2.24) is 9.55 Å². The van der Waals surface area contributed by atoms with Crippen LogP contribution in [-0.2, 0) is 4.74 Å². The standard InChI is InChI=1S/C13H14BrFN2OS/c1-7-4-8(2-3-18-7)17-12-6-10(15)9(14)5-11(12)16-13(17)19/h5-8H,2-4H2,1H3,(H,16,19). The highest BCUT2D eigenvalue weighted by molar-refractivity contribution is 9.10. The van der Waals surface area contributed by atoms with Crippen LogP contribution in [0.15, 0.2) is 16.6 Å². The van der Waals surface area contributed by atoms with Crippen molar-refractivity contribution >= 4 is 39.2 Å². The Morgan fingerprint density at radius 1 is 1.53 bits per heavy atom. The van der Waals surface area contributed by atoms with E-state index in [0.717, 1.165) is 30.5 Å². The first kappa shape index (κ1) is 13.3. The number of hydrogen-bond donors (Lipinski definition) is 1. The maximum Gasteiger partial charge on any atom is 0.178 e. The molecule has 0 radical (unpaired) electrons. The van der Waals surface area contributed by atoms with Crippen LogP contribution in [0.1, 0.15) is 25.8 Å². The molecule has 0 spiro atoms. The summed E-state index contributed by atoms with van der Waals surface area (Å²) in [6, 6.07) is 3.54. The fraction of sp³-hybridized carbons (Fsp3) is 0.462. The van der Waals surface area contributed by atoms with Crippen molar-refractivity contribution in [2.24, 2.45) is 0 Å². The Kier molecular flexibility index (Phi) is 3.49. The van der Waals surface area contributed by atoms with Gasteiger partial charge in [-0.25, -0.2) is 4.39 Å². The second-order valence-electron chi connectivity index (χ2n) is 4.94. The van der Waals surface area contributed by atoms with Gasteiger partial charge in [-0.05, 0) is 54.0 Å². The van der Waals surface area contributed by atoms with Crippen LogP contribution in [0.25, 0.3) is 11.0 Å². The molecular formula is C13H14BrFN2OS. The van der Waals surface area contributed by atoms with Crippen molar-refractivity contribution in [3.05, 3.63) is 27.2 Å². The molecule has 2 aromatic rings. The summed E-state index contributed by atoms with van der Waals surface area (Å²) in [5, 5.41) is 0. The number of fused-ring (bicyclic) bond motifs is 1. The fourth-order valence-electron chi connectivity index (χ4n) is 2.69. The lowest BCUT2D eigenvalue weighted by atomic mass is 10.0. The van der Waals surface area contributed by atoms with Crippen molar-refractivity contribution in [3.63, 3.8) is 0 Å². The molecule has 1 saturated heterocycles. The highest BCUT2D eigenvalue weighted by Crippen LogP contribution is 2.31. The summed E-state index contributed by atoms with van der Waals surface area (Å²) in [6.45, 7) is 2.78. The second-order valence-corrected chi connectivity index (χ2v) is 6.18. The third kappa shape index (κ3) is 2.37. The molecule has 0 bridgehead atoms. The average Bonchev–Trinajstić information content (AvgIpc) is 2.65. The molecule has 1 aromatic heterocycles. The molecule has 0 aliphatic carbocycles. The minimum atomic E-state index is -0.268. The molecule has 3 nitrogen and oxygen atoms in total.